The molecular weight excluding hydrogens is 540 g/mol. The number of carbonyl (C=O) groups excluding carboxylic acids is 1. The minimum absolute atomic E-state index is 0.0447. The fourth-order valence-corrected chi connectivity index (χ4v) is 4.14. The van der Waals surface area contributed by atoms with Crippen molar-refractivity contribution in [3.63, 3.8) is 0 Å². The van der Waals surface area contributed by atoms with Crippen molar-refractivity contribution in [2.24, 2.45) is 0 Å². The van der Waals surface area contributed by atoms with Gasteiger partial charge in [0.2, 0.25) is 0 Å². The molecule has 1 N–H and O–H groups in total. The van der Waals surface area contributed by atoms with Gasteiger partial charge in [-0.25, -0.2) is 0 Å². The minimum atomic E-state index is -1.05. The predicted molar refractivity (Wildman–Crippen MR) is 165 cm³/mol. The van der Waals surface area contributed by atoms with E-state index < -0.39 is 18.0 Å². The number of carboxylic acids is 1. The molecule has 0 aliphatic heterocycles. The van der Waals surface area contributed by atoms with Gasteiger partial charge in [0.25, 0.3) is 5.17 Å². The maximum atomic E-state index is 12.3. The van der Waals surface area contributed by atoms with Gasteiger partial charge < -0.3 is 29.1 Å². The maximum Gasteiger partial charge on any atom is 0.306 e. The second-order valence-corrected chi connectivity index (χ2v) is 11.1. The summed E-state index contributed by atoms with van der Waals surface area (Å²) in [5.74, 6) is -0.437. The average molecular weight is 579 g/mol. The zero-order chi connectivity index (χ0) is 30.0. The first-order valence-corrected chi connectivity index (χ1v) is 13.8. The number of hydrogen-bond acceptors (Lipinski definition) is 7. The number of ether oxygens (including phenoxy) is 3. The van der Waals surface area contributed by atoms with Crippen LogP contribution in [-0.4, -0.2) is 55.6 Å². The first-order valence-electron chi connectivity index (χ1n) is 13.4. The number of hydrogen-bond donors (Lipinski definition) is 1. The third-order valence-electron chi connectivity index (χ3n) is 6.36. The summed E-state index contributed by atoms with van der Waals surface area (Å²) < 4.78 is 17.6. The third kappa shape index (κ3) is 10.1. The summed E-state index contributed by atoms with van der Waals surface area (Å²) >= 11 is 5.54. The minimum Gasteiger partial charge on any atom is -0.490 e. The summed E-state index contributed by atoms with van der Waals surface area (Å²) in [6.07, 6.45) is -1.14. The molecule has 0 saturated heterocycles. The number of aliphatic carboxylic acids is 1. The lowest BCUT2D eigenvalue weighted by Gasteiger charge is -2.26. The fourth-order valence-electron chi connectivity index (χ4n) is 3.94. The average Bonchev–Trinajstić information content (AvgIpc) is 2.94. The maximum absolute atomic E-state index is 12.3. The lowest BCUT2D eigenvalue weighted by Crippen LogP contribution is -2.37. The molecule has 1 atom stereocenters. The number of carbonyl (C=O) groups is 2. The van der Waals surface area contributed by atoms with Gasteiger partial charge in [-0.1, -0.05) is 57.2 Å². The van der Waals surface area contributed by atoms with E-state index in [1.807, 2.05) is 91.8 Å². The fraction of sp³-hybridized carbons (Fsp3) is 0.344. The van der Waals surface area contributed by atoms with Gasteiger partial charge in [-0.15, -0.1) is 0 Å². The Morgan fingerprint density at radius 1 is 0.878 bits per heavy atom. The number of para-hydroxylation sites is 1. The Morgan fingerprint density at radius 2 is 1.54 bits per heavy atom. The molecule has 0 radical (unpaired) electrons. The van der Waals surface area contributed by atoms with E-state index in [1.165, 1.54) is 5.56 Å². The van der Waals surface area contributed by atoms with Gasteiger partial charge in [0, 0.05) is 31.5 Å². The van der Waals surface area contributed by atoms with Crippen molar-refractivity contribution >= 4 is 40.7 Å². The highest BCUT2D eigenvalue weighted by Crippen LogP contribution is 2.26. The van der Waals surface area contributed by atoms with Crippen LogP contribution in [0, 0.1) is 0 Å². The van der Waals surface area contributed by atoms with E-state index in [9.17, 15) is 9.59 Å². The van der Waals surface area contributed by atoms with Crippen LogP contribution in [0.15, 0.2) is 78.9 Å². The van der Waals surface area contributed by atoms with Crippen LogP contribution in [0.4, 0.5) is 11.4 Å². The lowest BCUT2D eigenvalue weighted by atomic mass is 9.87. The van der Waals surface area contributed by atoms with Crippen LogP contribution in [0.25, 0.3) is 0 Å². The van der Waals surface area contributed by atoms with Crippen LogP contribution in [0.5, 0.6) is 11.5 Å². The normalized spacial score (nSPS) is 11.7. The van der Waals surface area contributed by atoms with E-state index in [-0.39, 0.29) is 30.0 Å². The molecular formula is C32H38N2O6S. The molecule has 0 aliphatic rings. The van der Waals surface area contributed by atoms with E-state index in [2.05, 4.69) is 20.8 Å². The molecule has 8 nitrogen and oxygen atoms in total. The summed E-state index contributed by atoms with van der Waals surface area (Å²) in [7, 11) is 3.70. The van der Waals surface area contributed by atoms with Crippen molar-refractivity contribution in [2.45, 2.75) is 45.1 Å². The largest absolute Gasteiger partial charge is 0.490 e. The molecule has 3 rings (SSSR count). The van der Waals surface area contributed by atoms with Crippen LogP contribution < -0.4 is 19.3 Å². The zero-order valence-electron chi connectivity index (χ0n) is 24.2. The molecule has 41 heavy (non-hydrogen) atoms. The van der Waals surface area contributed by atoms with Crippen LogP contribution in [0.3, 0.4) is 0 Å². The highest BCUT2D eigenvalue weighted by molar-refractivity contribution is 7.80. The monoisotopic (exact) mass is 578 g/mol. The van der Waals surface area contributed by atoms with Crippen molar-refractivity contribution in [3.8, 4) is 11.5 Å². The Bertz CT molecular complexity index is 1310. The Morgan fingerprint density at radius 3 is 2.17 bits per heavy atom. The summed E-state index contributed by atoms with van der Waals surface area (Å²) in [6, 6.07) is 24.9. The van der Waals surface area contributed by atoms with Crippen molar-refractivity contribution in [2.75, 3.05) is 37.0 Å². The number of nitrogens with zero attached hydrogens (tertiary/aromatic N) is 2. The summed E-state index contributed by atoms with van der Waals surface area (Å²) in [6.45, 7) is 6.90. The molecule has 0 amide bonds. The SMILES string of the molecule is CN(CC(COc1cccc(N(C)C(=S)Oc2ccc(C(C)(C)C)cc2)c1)OC(=O)CCC(=O)O)c1ccccc1. The van der Waals surface area contributed by atoms with Crippen LogP contribution in [-0.2, 0) is 19.7 Å². The second kappa shape index (κ2) is 14.5. The first kappa shape index (κ1) is 31.4. The predicted octanol–water partition coefficient (Wildman–Crippen LogP) is 6.08. The van der Waals surface area contributed by atoms with Crippen molar-refractivity contribution in [1.82, 2.24) is 0 Å². The van der Waals surface area contributed by atoms with Gasteiger partial charge >= 0.3 is 11.9 Å². The number of likely N-dealkylation sites (N-methyl/N-ethyl adjacent to an activating group) is 1. The Hall–Kier alpha value is -4.11. The van der Waals surface area contributed by atoms with E-state index in [1.54, 1.807) is 11.0 Å². The molecule has 0 saturated carbocycles. The number of thiocarbonyl (C=S) groups is 1. The summed E-state index contributed by atoms with van der Waals surface area (Å²) in [5.41, 5.74) is 2.96. The van der Waals surface area contributed by atoms with Crippen molar-refractivity contribution < 1.29 is 28.9 Å². The number of benzene rings is 3. The molecule has 9 heteroatoms. The third-order valence-corrected chi connectivity index (χ3v) is 6.71. The summed E-state index contributed by atoms with van der Waals surface area (Å²) in [5, 5.41) is 9.19. The Kier molecular flexibility index (Phi) is 11.1. The zero-order valence-corrected chi connectivity index (χ0v) is 25.0. The molecule has 0 spiro atoms. The number of anilines is 2. The number of esters is 1. The first-order chi connectivity index (χ1) is 19.4. The highest BCUT2D eigenvalue weighted by Gasteiger charge is 2.20. The van der Waals surface area contributed by atoms with Crippen LogP contribution >= 0.6 is 12.2 Å². The number of carboxylic acid groups (broad SMARTS) is 1. The molecule has 0 fully saturated rings. The van der Waals surface area contributed by atoms with Crippen molar-refractivity contribution in [3.05, 3.63) is 84.4 Å². The van der Waals surface area contributed by atoms with Crippen LogP contribution in [0.1, 0.15) is 39.2 Å². The molecule has 0 aromatic heterocycles. The highest BCUT2D eigenvalue weighted by atomic mass is 32.1. The van der Waals surface area contributed by atoms with Gasteiger partial charge in [-0.2, -0.15) is 0 Å². The molecule has 3 aromatic carbocycles. The molecule has 0 heterocycles. The quantitative estimate of drug-likeness (QED) is 0.203. The Labute approximate surface area is 247 Å². The van der Waals surface area contributed by atoms with Gasteiger partial charge in [0.1, 0.15) is 18.1 Å². The lowest BCUT2D eigenvalue weighted by molar-refractivity contribution is -0.152. The Balaban J connectivity index is 1.65. The van der Waals surface area contributed by atoms with E-state index in [4.69, 9.17) is 31.5 Å². The van der Waals surface area contributed by atoms with E-state index >= 15 is 0 Å². The molecule has 1 unspecified atom stereocenters. The molecule has 0 bridgehead atoms. The smallest absolute Gasteiger partial charge is 0.306 e. The van der Waals surface area contributed by atoms with E-state index in [0.717, 1.165) is 11.4 Å². The molecule has 3 aromatic rings. The number of rotatable bonds is 12. The van der Waals surface area contributed by atoms with Gasteiger partial charge in [-0.3, -0.25) is 9.59 Å². The van der Waals surface area contributed by atoms with Crippen LogP contribution in [0.2, 0.25) is 0 Å². The molecule has 0 aliphatic carbocycles. The topological polar surface area (TPSA) is 88.5 Å². The molecule has 218 valence electrons. The second-order valence-electron chi connectivity index (χ2n) is 10.7. The van der Waals surface area contributed by atoms with Gasteiger partial charge in [0.15, 0.2) is 6.10 Å². The van der Waals surface area contributed by atoms with E-state index in [0.29, 0.717) is 18.0 Å². The van der Waals surface area contributed by atoms with Gasteiger partial charge in [0.05, 0.1) is 19.4 Å². The standard InChI is InChI=1S/C32H38N2O6S/c1-32(2,3)23-14-16-26(17-15-23)40-31(41)34(5)25-12-9-13-27(20-25)38-22-28(39-30(37)19-18-29(35)36)21-33(4)24-10-7-6-8-11-24/h6-17,20,28H,18-19,21-22H2,1-5H3,(H,35,36). The summed E-state index contributed by atoms with van der Waals surface area (Å²) in [4.78, 5) is 26.9. The van der Waals surface area contributed by atoms with Crippen molar-refractivity contribution in [1.29, 1.82) is 0 Å². The van der Waals surface area contributed by atoms with Gasteiger partial charge in [-0.05, 0) is 59.6 Å².